The molecule has 0 bridgehead atoms. The van der Waals surface area contributed by atoms with Gasteiger partial charge in [-0.15, -0.1) is 0 Å². The van der Waals surface area contributed by atoms with E-state index in [0.29, 0.717) is 19.3 Å². The number of ether oxygens (including phenoxy) is 2. The third-order valence-electron chi connectivity index (χ3n) is 8.78. The van der Waals surface area contributed by atoms with Crippen LogP contribution >= 0.6 is 0 Å². The Morgan fingerprint density at radius 2 is 1.60 bits per heavy atom. The van der Waals surface area contributed by atoms with Crippen LogP contribution in [0, 0.1) is 17.8 Å². The number of carbonyl (C=O) groups is 5. The van der Waals surface area contributed by atoms with E-state index in [1.807, 2.05) is 86.6 Å². The highest BCUT2D eigenvalue weighted by Crippen LogP contribution is 2.26. The van der Waals surface area contributed by atoms with E-state index in [1.165, 1.54) is 7.11 Å². The van der Waals surface area contributed by atoms with Gasteiger partial charge in [-0.05, 0) is 53.5 Å². The average Bonchev–Trinajstić information content (AvgIpc) is 3.07. The first-order valence-corrected chi connectivity index (χ1v) is 16.5. The number of rotatable bonds is 15. The minimum atomic E-state index is -0.998. The maximum Gasteiger partial charge on any atom is 0.408 e. The molecule has 2 amide bonds. The van der Waals surface area contributed by atoms with Crippen LogP contribution in [0.1, 0.15) is 69.9 Å². The molecule has 2 N–H and O–H groups in total. The van der Waals surface area contributed by atoms with E-state index in [2.05, 4.69) is 10.6 Å². The molecule has 4 atom stereocenters. The van der Waals surface area contributed by atoms with Crippen LogP contribution in [0.5, 0.6) is 0 Å². The Kier molecular flexibility index (Phi) is 13.1. The van der Waals surface area contributed by atoms with Crippen LogP contribution in [0.25, 0.3) is 10.8 Å². The van der Waals surface area contributed by atoms with Crippen molar-refractivity contribution in [1.82, 2.24) is 10.6 Å². The van der Waals surface area contributed by atoms with Crippen LogP contribution < -0.4 is 10.6 Å². The predicted molar refractivity (Wildman–Crippen MR) is 179 cm³/mol. The van der Waals surface area contributed by atoms with E-state index >= 15 is 0 Å². The Balaban J connectivity index is 1.53. The molecule has 9 heteroatoms. The van der Waals surface area contributed by atoms with Gasteiger partial charge in [-0.2, -0.15) is 0 Å². The van der Waals surface area contributed by atoms with Crippen LogP contribution in [-0.2, 0) is 41.7 Å². The molecule has 4 rings (SSSR count). The van der Waals surface area contributed by atoms with Gasteiger partial charge < -0.3 is 20.1 Å². The van der Waals surface area contributed by atoms with Crippen LogP contribution in [0.3, 0.4) is 0 Å². The van der Waals surface area contributed by atoms with Gasteiger partial charge in [-0.25, -0.2) is 9.59 Å². The summed E-state index contributed by atoms with van der Waals surface area (Å²) in [5.74, 6) is -2.34. The zero-order chi connectivity index (χ0) is 33.8. The summed E-state index contributed by atoms with van der Waals surface area (Å²) >= 11 is 0. The summed E-state index contributed by atoms with van der Waals surface area (Å²) in [4.78, 5) is 66.0. The number of carbonyl (C=O) groups excluding carboxylic acids is 5. The summed E-state index contributed by atoms with van der Waals surface area (Å²) in [6, 6.07) is 20.9. The smallest absolute Gasteiger partial charge is 0.408 e. The van der Waals surface area contributed by atoms with Gasteiger partial charge in [0.2, 0.25) is 5.91 Å². The molecule has 47 heavy (non-hydrogen) atoms. The van der Waals surface area contributed by atoms with Crippen molar-refractivity contribution in [3.63, 3.8) is 0 Å². The zero-order valence-electron chi connectivity index (χ0n) is 27.5. The van der Waals surface area contributed by atoms with Crippen molar-refractivity contribution >= 4 is 40.3 Å². The minimum absolute atomic E-state index is 0.0403. The molecule has 0 aromatic heterocycles. The summed E-state index contributed by atoms with van der Waals surface area (Å²) < 4.78 is 10.4. The second kappa shape index (κ2) is 17.4. The highest BCUT2D eigenvalue weighted by Gasteiger charge is 2.34. The maximum atomic E-state index is 14.0. The number of esters is 1. The van der Waals surface area contributed by atoms with Gasteiger partial charge in [-0.1, -0.05) is 93.1 Å². The lowest BCUT2D eigenvalue weighted by atomic mass is 9.83. The van der Waals surface area contributed by atoms with Crippen LogP contribution in [0.15, 0.2) is 72.8 Å². The lowest BCUT2D eigenvalue weighted by Crippen LogP contribution is -2.48. The number of ketones is 2. The molecule has 3 aromatic rings. The molecule has 0 heterocycles. The van der Waals surface area contributed by atoms with Gasteiger partial charge in [-0.3, -0.25) is 14.4 Å². The van der Waals surface area contributed by atoms with E-state index in [1.54, 1.807) is 0 Å². The molecule has 1 aliphatic carbocycles. The third kappa shape index (κ3) is 10.5. The van der Waals surface area contributed by atoms with Crippen molar-refractivity contribution < 1.29 is 33.4 Å². The summed E-state index contributed by atoms with van der Waals surface area (Å²) in [7, 11) is 1.25. The molecule has 1 aliphatic rings. The maximum absolute atomic E-state index is 14.0. The fourth-order valence-corrected chi connectivity index (χ4v) is 6.31. The fourth-order valence-electron chi connectivity index (χ4n) is 6.31. The van der Waals surface area contributed by atoms with Crippen molar-refractivity contribution in [3.05, 3.63) is 83.9 Å². The van der Waals surface area contributed by atoms with E-state index in [0.717, 1.165) is 34.7 Å². The zero-order valence-corrected chi connectivity index (χ0v) is 27.5. The number of Topliss-reactive ketones (excluding diaryl/α,β-unsaturated/α-hetero) is 2. The van der Waals surface area contributed by atoms with Gasteiger partial charge in [0, 0.05) is 31.1 Å². The van der Waals surface area contributed by atoms with Gasteiger partial charge in [0.1, 0.15) is 18.4 Å². The summed E-state index contributed by atoms with van der Waals surface area (Å²) in [6.07, 6.45) is 2.71. The Bertz CT molecular complexity index is 1530. The van der Waals surface area contributed by atoms with Crippen molar-refractivity contribution in [2.75, 3.05) is 7.11 Å². The van der Waals surface area contributed by atoms with Crippen LogP contribution in [0.2, 0.25) is 0 Å². The highest BCUT2D eigenvalue weighted by atomic mass is 16.5. The van der Waals surface area contributed by atoms with Crippen molar-refractivity contribution in [2.45, 2.75) is 83.9 Å². The first-order chi connectivity index (χ1) is 22.6. The van der Waals surface area contributed by atoms with E-state index in [4.69, 9.17) is 9.47 Å². The summed E-state index contributed by atoms with van der Waals surface area (Å²) in [6.45, 7) is 3.95. The number of alkyl carbamates (subject to hydrolysis) is 1. The molecular weight excluding hydrogens is 596 g/mol. The number of hydrogen-bond donors (Lipinski definition) is 2. The molecule has 3 aromatic carbocycles. The average molecular weight is 643 g/mol. The normalized spacial score (nSPS) is 16.6. The predicted octanol–water partition coefficient (Wildman–Crippen LogP) is 6.11. The van der Waals surface area contributed by atoms with Crippen molar-refractivity contribution in [3.8, 4) is 0 Å². The van der Waals surface area contributed by atoms with Gasteiger partial charge in [0.25, 0.3) is 0 Å². The lowest BCUT2D eigenvalue weighted by molar-refractivity contribution is -0.146. The second-order valence-corrected chi connectivity index (χ2v) is 12.8. The number of methoxy groups -OCH3 is 1. The van der Waals surface area contributed by atoms with Gasteiger partial charge >= 0.3 is 12.1 Å². The second-order valence-electron chi connectivity index (χ2n) is 12.8. The van der Waals surface area contributed by atoms with Crippen molar-refractivity contribution in [2.24, 2.45) is 17.8 Å². The first-order valence-electron chi connectivity index (χ1n) is 16.5. The minimum Gasteiger partial charge on any atom is -0.467 e. The third-order valence-corrected chi connectivity index (χ3v) is 8.78. The van der Waals surface area contributed by atoms with Crippen LogP contribution in [-0.4, -0.2) is 48.7 Å². The first kappa shape index (κ1) is 35.3. The van der Waals surface area contributed by atoms with Crippen LogP contribution in [0.4, 0.5) is 4.79 Å². The fraction of sp³-hybridized carbons (Fsp3) is 0.447. The Morgan fingerprint density at radius 3 is 2.32 bits per heavy atom. The highest BCUT2D eigenvalue weighted by molar-refractivity contribution is 5.94. The molecular formula is C38H46N2O7. The molecule has 0 spiro atoms. The van der Waals surface area contributed by atoms with Gasteiger partial charge in [0.15, 0.2) is 5.78 Å². The number of nitrogens with one attached hydrogen (secondary N) is 2. The molecule has 9 nitrogen and oxygen atoms in total. The number of hydrogen-bond acceptors (Lipinski definition) is 7. The SMILES string of the molecule is COC(=O)[C@H](C[C@@H]1CCCCC1=O)NC(=O)[C@@H](CC(=O)[C@H](Cc1cccc2ccccc12)NC(=O)OCc1ccccc1)CC(C)C. The number of benzene rings is 3. The molecule has 250 valence electrons. The van der Waals surface area contributed by atoms with Crippen molar-refractivity contribution in [1.29, 1.82) is 0 Å². The Hall–Kier alpha value is -4.53. The molecule has 0 aliphatic heterocycles. The number of fused-ring (bicyclic) bond motifs is 1. The summed E-state index contributed by atoms with van der Waals surface area (Å²) in [5.41, 5.74) is 1.68. The van der Waals surface area contributed by atoms with E-state index in [-0.39, 0.29) is 49.3 Å². The Labute approximate surface area is 276 Å². The molecule has 0 radical (unpaired) electrons. The number of amides is 2. The quantitative estimate of drug-likeness (QED) is 0.192. The molecule has 1 saturated carbocycles. The molecule has 0 saturated heterocycles. The topological polar surface area (TPSA) is 128 Å². The monoisotopic (exact) mass is 642 g/mol. The Morgan fingerprint density at radius 1 is 0.872 bits per heavy atom. The van der Waals surface area contributed by atoms with Gasteiger partial charge in [0.05, 0.1) is 13.2 Å². The van der Waals surface area contributed by atoms with E-state index in [9.17, 15) is 24.0 Å². The summed E-state index contributed by atoms with van der Waals surface area (Å²) in [5, 5.41) is 7.54. The molecule has 1 fully saturated rings. The molecule has 0 unspecified atom stereocenters. The van der Waals surface area contributed by atoms with E-state index < -0.39 is 36.0 Å². The lowest BCUT2D eigenvalue weighted by Gasteiger charge is -2.27. The standard InChI is InChI=1S/C38H46N2O7/c1-25(2)20-30(36(43)39-33(37(44)46-3)22-29-15-8-10-19-34(29)41)23-35(42)32(40-38(45)47-24-26-12-5-4-6-13-26)21-28-17-11-16-27-14-7-9-18-31(27)28/h4-7,9,11-14,16-18,25,29-30,32-33H,8,10,15,19-24H2,1-3H3,(H,39,43)(H,40,45)/t29-,30+,32-,33-/m0/s1. The largest absolute Gasteiger partial charge is 0.467 e.